The number of aromatic amines is 1. The summed E-state index contributed by atoms with van der Waals surface area (Å²) >= 11 is 5.98. The van der Waals surface area contributed by atoms with Gasteiger partial charge in [0.15, 0.2) is 0 Å². The van der Waals surface area contributed by atoms with Crippen molar-refractivity contribution in [3.8, 4) is 11.3 Å². The largest absolute Gasteiger partial charge is 0.322 e. The van der Waals surface area contributed by atoms with Crippen LogP contribution in [-0.4, -0.2) is 21.1 Å². The monoisotopic (exact) mass is 298 g/mol. The topological polar surface area (TPSA) is 70.7 Å². The van der Waals surface area contributed by atoms with Crippen LogP contribution in [0.4, 0.5) is 5.69 Å². The zero-order valence-electron chi connectivity index (χ0n) is 10.9. The van der Waals surface area contributed by atoms with Crippen molar-refractivity contribution >= 4 is 23.2 Å². The number of nitrogens with one attached hydrogen (secondary N) is 2. The summed E-state index contributed by atoms with van der Waals surface area (Å²) in [6, 6.07) is 10.7. The summed E-state index contributed by atoms with van der Waals surface area (Å²) in [6.45, 7) is 0. The fourth-order valence-electron chi connectivity index (χ4n) is 1.96. The van der Waals surface area contributed by atoms with Gasteiger partial charge in [-0.25, -0.2) is 0 Å². The zero-order valence-corrected chi connectivity index (χ0v) is 11.6. The third kappa shape index (κ3) is 2.93. The van der Waals surface area contributed by atoms with Crippen LogP contribution >= 0.6 is 11.6 Å². The second-order valence-electron chi connectivity index (χ2n) is 4.36. The number of hydrogen-bond donors (Lipinski definition) is 2. The molecule has 1 aromatic carbocycles. The Morgan fingerprint density at radius 1 is 1.19 bits per heavy atom. The van der Waals surface area contributed by atoms with Crippen molar-refractivity contribution in [3.63, 3.8) is 0 Å². The number of pyridine rings is 1. The fourth-order valence-corrected chi connectivity index (χ4v) is 2.15. The average molecular weight is 299 g/mol. The van der Waals surface area contributed by atoms with Gasteiger partial charge < -0.3 is 5.32 Å². The molecule has 2 heterocycles. The lowest BCUT2D eigenvalue weighted by Crippen LogP contribution is -2.12. The van der Waals surface area contributed by atoms with Crippen molar-refractivity contribution in [2.75, 3.05) is 5.32 Å². The van der Waals surface area contributed by atoms with Crippen LogP contribution in [-0.2, 0) is 0 Å². The third-order valence-corrected chi connectivity index (χ3v) is 3.17. The number of H-pyrrole nitrogens is 1. The maximum atomic E-state index is 12.3. The van der Waals surface area contributed by atoms with E-state index in [0.717, 1.165) is 5.56 Å². The molecular weight excluding hydrogens is 288 g/mol. The average Bonchev–Trinajstić information content (AvgIpc) is 2.98. The van der Waals surface area contributed by atoms with Gasteiger partial charge in [0, 0.05) is 28.7 Å². The maximum absolute atomic E-state index is 12.3. The molecule has 21 heavy (non-hydrogen) atoms. The first kappa shape index (κ1) is 13.3. The number of carbonyl (C=O) groups excluding carboxylic acids is 1. The SMILES string of the molecule is O=C(Nc1ccncc1)c1cn[nH]c1-c1cccc(Cl)c1. The van der Waals surface area contributed by atoms with Gasteiger partial charge in [0.2, 0.25) is 0 Å². The van der Waals surface area contributed by atoms with Crippen molar-refractivity contribution < 1.29 is 4.79 Å². The molecule has 0 saturated heterocycles. The van der Waals surface area contributed by atoms with Crippen LogP contribution in [0.5, 0.6) is 0 Å². The number of hydrogen-bond acceptors (Lipinski definition) is 3. The van der Waals surface area contributed by atoms with E-state index < -0.39 is 0 Å². The number of nitrogens with zero attached hydrogens (tertiary/aromatic N) is 2. The number of rotatable bonds is 3. The quantitative estimate of drug-likeness (QED) is 0.778. The van der Waals surface area contributed by atoms with E-state index >= 15 is 0 Å². The Labute approximate surface area is 126 Å². The number of halogens is 1. The van der Waals surface area contributed by atoms with E-state index in [9.17, 15) is 4.79 Å². The second-order valence-corrected chi connectivity index (χ2v) is 4.80. The predicted octanol–water partition coefficient (Wildman–Crippen LogP) is 3.38. The molecular formula is C15H11ClN4O. The van der Waals surface area contributed by atoms with Crippen LogP contribution in [0, 0.1) is 0 Å². The van der Waals surface area contributed by atoms with E-state index in [-0.39, 0.29) is 5.91 Å². The first-order chi connectivity index (χ1) is 10.2. The Morgan fingerprint density at radius 2 is 2.00 bits per heavy atom. The minimum absolute atomic E-state index is 0.245. The van der Waals surface area contributed by atoms with Crippen molar-refractivity contribution in [3.05, 3.63) is 65.6 Å². The molecule has 3 aromatic rings. The van der Waals surface area contributed by atoms with Gasteiger partial charge >= 0.3 is 0 Å². The van der Waals surface area contributed by atoms with Crippen LogP contribution in [0.15, 0.2) is 55.0 Å². The Bertz CT molecular complexity index is 770. The smallest absolute Gasteiger partial charge is 0.259 e. The standard InChI is InChI=1S/C15H11ClN4O/c16-11-3-1-2-10(8-11)14-13(9-18-20-14)15(21)19-12-4-6-17-7-5-12/h1-9H,(H,18,20)(H,17,19,21). The Kier molecular flexibility index (Phi) is 3.66. The summed E-state index contributed by atoms with van der Waals surface area (Å²) in [5, 5.41) is 10.2. The molecule has 6 heteroatoms. The Morgan fingerprint density at radius 3 is 2.76 bits per heavy atom. The van der Waals surface area contributed by atoms with E-state index in [1.54, 1.807) is 36.7 Å². The van der Waals surface area contributed by atoms with Crippen LogP contribution in [0.1, 0.15) is 10.4 Å². The predicted molar refractivity (Wildman–Crippen MR) is 81.2 cm³/mol. The highest BCUT2D eigenvalue weighted by Crippen LogP contribution is 2.24. The Balaban J connectivity index is 1.90. The molecule has 2 aromatic heterocycles. The lowest BCUT2D eigenvalue weighted by Gasteiger charge is -2.05. The molecule has 0 aliphatic heterocycles. The molecule has 2 N–H and O–H groups in total. The number of carbonyl (C=O) groups is 1. The Hall–Kier alpha value is -2.66. The van der Waals surface area contributed by atoms with E-state index in [1.165, 1.54) is 6.20 Å². The van der Waals surface area contributed by atoms with Gasteiger partial charge in [-0.2, -0.15) is 5.10 Å². The number of anilines is 1. The van der Waals surface area contributed by atoms with Crippen molar-refractivity contribution in [1.82, 2.24) is 15.2 Å². The third-order valence-electron chi connectivity index (χ3n) is 2.94. The summed E-state index contributed by atoms with van der Waals surface area (Å²) in [7, 11) is 0. The summed E-state index contributed by atoms with van der Waals surface area (Å²) < 4.78 is 0. The van der Waals surface area contributed by atoms with E-state index in [1.807, 2.05) is 12.1 Å². The van der Waals surface area contributed by atoms with Gasteiger partial charge in [0.05, 0.1) is 17.5 Å². The van der Waals surface area contributed by atoms with Crippen molar-refractivity contribution in [2.45, 2.75) is 0 Å². The van der Waals surface area contributed by atoms with E-state index in [4.69, 9.17) is 11.6 Å². The molecule has 1 amide bonds. The minimum atomic E-state index is -0.245. The van der Waals surface area contributed by atoms with Gasteiger partial charge in [-0.05, 0) is 24.3 Å². The lowest BCUT2D eigenvalue weighted by molar-refractivity contribution is 0.102. The molecule has 0 fully saturated rings. The van der Waals surface area contributed by atoms with Gasteiger partial charge in [-0.15, -0.1) is 0 Å². The van der Waals surface area contributed by atoms with E-state index in [0.29, 0.717) is 22.0 Å². The van der Waals surface area contributed by atoms with Gasteiger partial charge in [0.25, 0.3) is 5.91 Å². The van der Waals surface area contributed by atoms with Gasteiger partial charge in [-0.3, -0.25) is 14.9 Å². The molecule has 0 spiro atoms. The van der Waals surface area contributed by atoms with Crippen molar-refractivity contribution in [1.29, 1.82) is 0 Å². The molecule has 3 rings (SSSR count). The summed E-state index contributed by atoms with van der Waals surface area (Å²) in [5.41, 5.74) is 2.56. The molecule has 0 aliphatic rings. The molecule has 5 nitrogen and oxygen atoms in total. The van der Waals surface area contributed by atoms with Gasteiger partial charge in [-0.1, -0.05) is 23.7 Å². The highest BCUT2D eigenvalue weighted by atomic mass is 35.5. The minimum Gasteiger partial charge on any atom is -0.322 e. The van der Waals surface area contributed by atoms with Crippen LogP contribution < -0.4 is 5.32 Å². The molecule has 0 aliphatic carbocycles. The molecule has 0 bridgehead atoms. The normalized spacial score (nSPS) is 10.3. The summed E-state index contributed by atoms with van der Waals surface area (Å²) in [5.74, 6) is -0.245. The molecule has 0 unspecified atom stereocenters. The number of amides is 1. The molecule has 0 atom stereocenters. The van der Waals surface area contributed by atoms with Crippen molar-refractivity contribution in [2.24, 2.45) is 0 Å². The maximum Gasteiger partial charge on any atom is 0.259 e. The summed E-state index contributed by atoms with van der Waals surface area (Å²) in [4.78, 5) is 16.2. The lowest BCUT2D eigenvalue weighted by atomic mass is 10.1. The van der Waals surface area contributed by atoms with Crippen LogP contribution in [0.3, 0.4) is 0 Å². The van der Waals surface area contributed by atoms with Crippen LogP contribution in [0.2, 0.25) is 5.02 Å². The molecule has 0 radical (unpaired) electrons. The first-order valence-electron chi connectivity index (χ1n) is 6.25. The zero-order chi connectivity index (χ0) is 14.7. The van der Waals surface area contributed by atoms with Gasteiger partial charge in [0.1, 0.15) is 0 Å². The molecule has 104 valence electrons. The second kappa shape index (κ2) is 5.76. The summed E-state index contributed by atoms with van der Waals surface area (Å²) in [6.07, 6.45) is 4.72. The molecule has 0 saturated carbocycles. The first-order valence-corrected chi connectivity index (χ1v) is 6.62. The number of aromatic nitrogens is 3. The van der Waals surface area contributed by atoms with Crippen LogP contribution in [0.25, 0.3) is 11.3 Å². The highest BCUT2D eigenvalue weighted by molar-refractivity contribution is 6.30. The highest BCUT2D eigenvalue weighted by Gasteiger charge is 2.15. The fraction of sp³-hybridized carbons (Fsp3) is 0. The number of benzene rings is 1. The van der Waals surface area contributed by atoms with E-state index in [2.05, 4.69) is 20.5 Å².